The Balaban J connectivity index is 1.83. The maximum atomic E-state index is 12.2. The van der Waals surface area contributed by atoms with Gasteiger partial charge in [-0.05, 0) is 0 Å². The summed E-state index contributed by atoms with van der Waals surface area (Å²) in [5.41, 5.74) is 2.97. The maximum Gasteiger partial charge on any atom is 0.311 e. The minimum Gasteiger partial charge on any atom is -0.496 e. The molecular formula is C18H16N6O5. The number of nitrogens with zero attached hydrogens (tertiary/aromatic N) is 4. The molecule has 0 aliphatic heterocycles. The number of ether oxygens (including phenoxy) is 2. The Bertz CT molecular complexity index is 1110. The zero-order valence-corrected chi connectivity index (χ0v) is 15.4. The van der Waals surface area contributed by atoms with Crippen molar-refractivity contribution < 1.29 is 14.4 Å². The smallest absolute Gasteiger partial charge is 0.311 e. The van der Waals surface area contributed by atoms with Crippen LogP contribution in [-0.2, 0) is 0 Å². The molecule has 148 valence electrons. The molecule has 11 heteroatoms. The van der Waals surface area contributed by atoms with Gasteiger partial charge in [0.2, 0.25) is 11.7 Å². The summed E-state index contributed by atoms with van der Waals surface area (Å²) < 4.78 is 10.2. The van der Waals surface area contributed by atoms with Gasteiger partial charge in [0.25, 0.3) is 5.56 Å². The third-order valence-electron chi connectivity index (χ3n) is 3.85. The summed E-state index contributed by atoms with van der Waals surface area (Å²) in [6, 6.07) is 11.5. The molecular weight excluding hydrogens is 380 g/mol. The van der Waals surface area contributed by atoms with E-state index in [0.717, 1.165) is 0 Å². The van der Waals surface area contributed by atoms with Gasteiger partial charge in [-0.25, -0.2) is 5.43 Å². The van der Waals surface area contributed by atoms with Crippen LogP contribution in [0.15, 0.2) is 52.4 Å². The van der Waals surface area contributed by atoms with Gasteiger partial charge < -0.3 is 9.47 Å². The van der Waals surface area contributed by atoms with E-state index in [9.17, 15) is 14.9 Å². The predicted molar refractivity (Wildman–Crippen MR) is 106 cm³/mol. The molecule has 1 heterocycles. The molecule has 1 aromatic heterocycles. The number of methoxy groups -OCH3 is 2. The van der Waals surface area contributed by atoms with E-state index in [1.165, 1.54) is 32.6 Å². The molecule has 0 atom stereocenters. The summed E-state index contributed by atoms with van der Waals surface area (Å²) in [7, 11) is 2.74. The van der Waals surface area contributed by atoms with Crippen LogP contribution in [0.1, 0.15) is 5.56 Å². The number of aromatic amines is 1. The number of rotatable bonds is 7. The van der Waals surface area contributed by atoms with Crippen molar-refractivity contribution in [3.8, 4) is 22.8 Å². The highest BCUT2D eigenvalue weighted by molar-refractivity contribution is 5.86. The number of H-pyrrole nitrogens is 1. The monoisotopic (exact) mass is 396 g/mol. The Morgan fingerprint density at radius 1 is 1.14 bits per heavy atom. The highest BCUT2D eigenvalue weighted by Crippen LogP contribution is 2.33. The summed E-state index contributed by atoms with van der Waals surface area (Å²) in [6.45, 7) is 0. The first-order valence-corrected chi connectivity index (χ1v) is 8.25. The standard InChI is InChI=1S/C18H16N6O5/c1-28-14-9-15(29-2)13(24(26)27)8-12(14)10-19-22-18-20-17(25)16(21-23-18)11-6-4-3-5-7-11/h3-10H,1-2H3,(H2,20,22,23,25)/b19-10+. The van der Waals surface area contributed by atoms with Crippen molar-refractivity contribution in [2.75, 3.05) is 19.6 Å². The second-order valence-corrected chi connectivity index (χ2v) is 5.61. The van der Waals surface area contributed by atoms with Crippen molar-refractivity contribution in [2.24, 2.45) is 5.10 Å². The van der Waals surface area contributed by atoms with Crippen molar-refractivity contribution >= 4 is 17.9 Å². The number of anilines is 1. The van der Waals surface area contributed by atoms with Crippen LogP contribution in [0.5, 0.6) is 11.5 Å². The van der Waals surface area contributed by atoms with E-state index in [4.69, 9.17) is 9.47 Å². The first-order valence-electron chi connectivity index (χ1n) is 8.25. The summed E-state index contributed by atoms with van der Waals surface area (Å²) in [5.74, 6) is 0.383. The Hall–Kier alpha value is -4.28. The molecule has 0 saturated carbocycles. The van der Waals surface area contributed by atoms with Crippen molar-refractivity contribution in [3.63, 3.8) is 0 Å². The first-order chi connectivity index (χ1) is 14.0. The first kappa shape index (κ1) is 19.5. The van der Waals surface area contributed by atoms with Crippen molar-refractivity contribution in [1.82, 2.24) is 15.2 Å². The van der Waals surface area contributed by atoms with Gasteiger partial charge in [0.1, 0.15) is 5.75 Å². The van der Waals surface area contributed by atoms with Crippen molar-refractivity contribution in [1.29, 1.82) is 0 Å². The van der Waals surface area contributed by atoms with E-state index in [0.29, 0.717) is 16.9 Å². The number of nitrogens with one attached hydrogen (secondary N) is 2. The molecule has 3 aromatic rings. The summed E-state index contributed by atoms with van der Waals surface area (Å²) in [6.07, 6.45) is 1.29. The molecule has 3 rings (SSSR count). The quantitative estimate of drug-likeness (QED) is 0.351. The molecule has 29 heavy (non-hydrogen) atoms. The van der Waals surface area contributed by atoms with Gasteiger partial charge in [-0.2, -0.15) is 5.10 Å². The van der Waals surface area contributed by atoms with Crippen LogP contribution in [0.2, 0.25) is 0 Å². The number of hydrogen-bond donors (Lipinski definition) is 2. The number of hydrogen-bond acceptors (Lipinski definition) is 9. The summed E-state index contributed by atoms with van der Waals surface area (Å²) in [5, 5.41) is 22.9. The van der Waals surface area contributed by atoms with Gasteiger partial charge in [0, 0.05) is 23.3 Å². The van der Waals surface area contributed by atoms with Crippen molar-refractivity contribution in [3.05, 3.63) is 68.5 Å². The van der Waals surface area contributed by atoms with E-state index in [1.807, 2.05) is 6.07 Å². The lowest BCUT2D eigenvalue weighted by molar-refractivity contribution is -0.385. The van der Waals surface area contributed by atoms with Gasteiger partial charge in [0.15, 0.2) is 5.69 Å². The molecule has 0 spiro atoms. The van der Waals surface area contributed by atoms with Gasteiger partial charge in [0.05, 0.1) is 25.4 Å². The number of benzene rings is 2. The van der Waals surface area contributed by atoms with E-state index in [2.05, 4.69) is 25.7 Å². The number of hydrazone groups is 1. The van der Waals surface area contributed by atoms with E-state index in [-0.39, 0.29) is 23.1 Å². The van der Waals surface area contributed by atoms with E-state index < -0.39 is 10.5 Å². The van der Waals surface area contributed by atoms with Gasteiger partial charge in [-0.15, -0.1) is 10.2 Å². The number of aromatic nitrogens is 3. The second-order valence-electron chi connectivity index (χ2n) is 5.61. The lowest BCUT2D eigenvalue weighted by atomic mass is 10.1. The normalized spacial score (nSPS) is 10.7. The third kappa shape index (κ3) is 4.35. The van der Waals surface area contributed by atoms with Gasteiger partial charge >= 0.3 is 5.69 Å². The molecule has 0 aliphatic carbocycles. The molecule has 0 bridgehead atoms. The molecule has 0 saturated heterocycles. The Morgan fingerprint density at radius 3 is 2.48 bits per heavy atom. The average Bonchev–Trinajstić information content (AvgIpc) is 2.74. The Morgan fingerprint density at radius 2 is 1.86 bits per heavy atom. The molecule has 2 N–H and O–H groups in total. The molecule has 0 unspecified atom stereocenters. The lowest BCUT2D eigenvalue weighted by Gasteiger charge is -2.08. The highest BCUT2D eigenvalue weighted by Gasteiger charge is 2.18. The Labute approximate surface area is 164 Å². The Kier molecular flexibility index (Phi) is 5.78. The van der Waals surface area contributed by atoms with Crippen LogP contribution < -0.4 is 20.5 Å². The second kappa shape index (κ2) is 8.61. The fraction of sp³-hybridized carbons (Fsp3) is 0.111. The van der Waals surface area contributed by atoms with Crippen LogP contribution >= 0.6 is 0 Å². The average molecular weight is 396 g/mol. The van der Waals surface area contributed by atoms with Crippen molar-refractivity contribution in [2.45, 2.75) is 0 Å². The van der Waals surface area contributed by atoms with E-state index >= 15 is 0 Å². The zero-order chi connectivity index (χ0) is 20.8. The molecule has 0 aliphatic rings. The molecule has 11 nitrogen and oxygen atoms in total. The molecule has 0 fully saturated rings. The summed E-state index contributed by atoms with van der Waals surface area (Å²) in [4.78, 5) is 25.3. The molecule has 0 radical (unpaired) electrons. The SMILES string of the molecule is COc1cc(OC)c([N+](=O)[O-])cc1/C=N/Nc1nnc(-c2ccccc2)c(=O)[nH]1. The van der Waals surface area contributed by atoms with Crippen LogP contribution in [-0.4, -0.2) is 40.5 Å². The molecule has 0 amide bonds. The molecule has 2 aromatic carbocycles. The summed E-state index contributed by atoms with van der Waals surface area (Å²) >= 11 is 0. The number of nitro benzene ring substituents is 1. The fourth-order valence-electron chi connectivity index (χ4n) is 2.49. The lowest BCUT2D eigenvalue weighted by Crippen LogP contribution is -2.15. The predicted octanol–water partition coefficient (Wildman–Crippen LogP) is 2.20. The maximum absolute atomic E-state index is 12.2. The number of nitro groups is 1. The zero-order valence-electron chi connectivity index (χ0n) is 15.4. The minimum absolute atomic E-state index is 0.00732. The topological polar surface area (TPSA) is 145 Å². The van der Waals surface area contributed by atoms with E-state index in [1.54, 1.807) is 24.3 Å². The fourth-order valence-corrected chi connectivity index (χ4v) is 2.49. The van der Waals surface area contributed by atoms with Crippen LogP contribution in [0.3, 0.4) is 0 Å². The highest BCUT2D eigenvalue weighted by atomic mass is 16.6. The van der Waals surface area contributed by atoms with Gasteiger partial charge in [-0.3, -0.25) is 19.9 Å². The van der Waals surface area contributed by atoms with Crippen LogP contribution in [0.25, 0.3) is 11.3 Å². The largest absolute Gasteiger partial charge is 0.496 e. The third-order valence-corrected chi connectivity index (χ3v) is 3.85. The van der Waals surface area contributed by atoms with Crippen LogP contribution in [0.4, 0.5) is 11.6 Å². The van der Waals surface area contributed by atoms with Crippen LogP contribution in [0, 0.1) is 10.1 Å². The minimum atomic E-state index is -0.575. The van der Waals surface area contributed by atoms with Gasteiger partial charge in [-0.1, -0.05) is 30.3 Å².